The molecule has 0 aliphatic carbocycles. The number of aromatic carboxylic acids is 1. The maximum absolute atomic E-state index is 11.7. The number of carbonyl (C=O) groups is 1. The molecule has 7 heteroatoms. The zero-order chi connectivity index (χ0) is 14.2. The van der Waals surface area contributed by atoms with E-state index in [1.165, 1.54) is 6.92 Å². The molecule has 0 aliphatic heterocycles. The van der Waals surface area contributed by atoms with Crippen LogP contribution in [0.15, 0.2) is 23.0 Å². The van der Waals surface area contributed by atoms with E-state index >= 15 is 0 Å². The minimum atomic E-state index is -1.32. The molecule has 2 rings (SSSR count). The van der Waals surface area contributed by atoms with Gasteiger partial charge in [-0.2, -0.15) is 0 Å². The molecule has 2 N–H and O–H groups in total. The lowest BCUT2D eigenvalue weighted by atomic mass is 10.2. The number of aromatic amines is 1. The van der Waals surface area contributed by atoms with Gasteiger partial charge in [0, 0.05) is 15.6 Å². The Morgan fingerprint density at radius 2 is 1.84 bits per heavy atom. The van der Waals surface area contributed by atoms with Crippen LogP contribution in [-0.4, -0.2) is 21.0 Å². The lowest BCUT2D eigenvalue weighted by Gasteiger charge is -2.05. The number of halogens is 2. The van der Waals surface area contributed by atoms with E-state index < -0.39 is 11.5 Å². The Morgan fingerprint density at radius 3 is 2.32 bits per heavy atom. The summed E-state index contributed by atoms with van der Waals surface area (Å²) in [6.45, 7) is 1.45. The molecule has 1 aromatic heterocycles. The van der Waals surface area contributed by atoms with Crippen LogP contribution < -0.4 is 5.56 Å². The van der Waals surface area contributed by atoms with Gasteiger partial charge in [-0.3, -0.25) is 4.79 Å². The number of hydrogen-bond acceptors (Lipinski definition) is 3. The minimum absolute atomic E-state index is 0.127. The number of aromatic nitrogens is 2. The Bertz CT molecular complexity index is 705. The molecule has 0 bridgehead atoms. The summed E-state index contributed by atoms with van der Waals surface area (Å²) in [4.78, 5) is 29.1. The molecule has 0 spiro atoms. The predicted molar refractivity (Wildman–Crippen MR) is 72.0 cm³/mol. The second kappa shape index (κ2) is 5.03. The highest BCUT2D eigenvalue weighted by Crippen LogP contribution is 2.24. The highest BCUT2D eigenvalue weighted by molar-refractivity contribution is 6.35. The van der Waals surface area contributed by atoms with Gasteiger partial charge in [-0.25, -0.2) is 9.78 Å². The Morgan fingerprint density at radius 1 is 1.26 bits per heavy atom. The van der Waals surface area contributed by atoms with Gasteiger partial charge in [0.05, 0.1) is 5.69 Å². The molecule has 0 atom stereocenters. The number of aryl methyl sites for hydroxylation is 1. The number of carboxylic acids is 1. The van der Waals surface area contributed by atoms with Gasteiger partial charge in [-0.1, -0.05) is 23.2 Å². The van der Waals surface area contributed by atoms with E-state index in [4.69, 9.17) is 28.3 Å². The van der Waals surface area contributed by atoms with E-state index in [0.29, 0.717) is 15.6 Å². The van der Waals surface area contributed by atoms with Crippen molar-refractivity contribution in [3.05, 3.63) is 49.9 Å². The molecule has 2 aromatic rings. The van der Waals surface area contributed by atoms with Crippen molar-refractivity contribution in [3.8, 4) is 11.4 Å². The van der Waals surface area contributed by atoms with Crippen molar-refractivity contribution < 1.29 is 9.90 Å². The molecular weight excluding hydrogens is 291 g/mol. The number of rotatable bonds is 2. The summed E-state index contributed by atoms with van der Waals surface area (Å²) in [6.07, 6.45) is 0. The van der Waals surface area contributed by atoms with E-state index in [0.717, 1.165) is 0 Å². The third-order valence-electron chi connectivity index (χ3n) is 2.45. The number of hydrogen-bond donors (Lipinski definition) is 2. The molecule has 5 nitrogen and oxygen atoms in total. The van der Waals surface area contributed by atoms with Crippen molar-refractivity contribution in [1.29, 1.82) is 0 Å². The summed E-state index contributed by atoms with van der Waals surface area (Å²) in [7, 11) is 0. The van der Waals surface area contributed by atoms with Crippen LogP contribution in [0.2, 0.25) is 10.0 Å². The maximum atomic E-state index is 11.7. The summed E-state index contributed by atoms with van der Waals surface area (Å²) in [5.41, 5.74) is -0.458. The molecule has 0 aliphatic rings. The van der Waals surface area contributed by atoms with Crippen LogP contribution in [0.25, 0.3) is 11.4 Å². The third kappa shape index (κ3) is 2.77. The van der Waals surface area contributed by atoms with Crippen LogP contribution in [0.1, 0.15) is 16.1 Å². The van der Waals surface area contributed by atoms with Gasteiger partial charge in [-0.15, -0.1) is 0 Å². The number of nitrogens with zero attached hydrogens (tertiary/aromatic N) is 1. The maximum Gasteiger partial charge on any atom is 0.343 e. The quantitative estimate of drug-likeness (QED) is 0.893. The molecule has 19 heavy (non-hydrogen) atoms. The minimum Gasteiger partial charge on any atom is -0.477 e. The first-order valence-electron chi connectivity index (χ1n) is 5.19. The molecule has 0 saturated heterocycles. The zero-order valence-electron chi connectivity index (χ0n) is 9.70. The van der Waals surface area contributed by atoms with Gasteiger partial charge >= 0.3 is 5.97 Å². The van der Waals surface area contributed by atoms with Crippen molar-refractivity contribution in [1.82, 2.24) is 9.97 Å². The lowest BCUT2D eigenvalue weighted by molar-refractivity contribution is 0.0693. The van der Waals surface area contributed by atoms with Crippen molar-refractivity contribution in [2.45, 2.75) is 6.92 Å². The van der Waals surface area contributed by atoms with Crippen molar-refractivity contribution >= 4 is 29.2 Å². The summed E-state index contributed by atoms with van der Waals surface area (Å²) in [6, 6.07) is 4.69. The highest BCUT2D eigenvalue weighted by atomic mass is 35.5. The standard InChI is InChI=1S/C12H8Cl2N2O3/c1-5-9(12(18)19)11(17)16-10(15-5)6-2-7(13)4-8(14)3-6/h2-4H,1H3,(H,18,19)(H,15,16,17). The first kappa shape index (κ1) is 13.6. The Kier molecular flexibility index (Phi) is 3.59. The fourth-order valence-corrected chi connectivity index (χ4v) is 2.19. The molecule has 0 saturated carbocycles. The molecule has 0 radical (unpaired) electrons. The number of H-pyrrole nitrogens is 1. The smallest absolute Gasteiger partial charge is 0.343 e. The average Bonchev–Trinajstić information content (AvgIpc) is 2.25. The second-order valence-electron chi connectivity index (χ2n) is 3.84. The number of carboxylic acid groups (broad SMARTS) is 1. The van der Waals surface area contributed by atoms with Crippen LogP contribution in [-0.2, 0) is 0 Å². The van der Waals surface area contributed by atoms with Gasteiger partial charge < -0.3 is 10.1 Å². The van der Waals surface area contributed by atoms with Gasteiger partial charge in [0.1, 0.15) is 11.4 Å². The highest BCUT2D eigenvalue weighted by Gasteiger charge is 2.15. The summed E-state index contributed by atoms with van der Waals surface area (Å²) >= 11 is 11.7. The molecule has 1 aromatic carbocycles. The van der Waals surface area contributed by atoms with E-state index in [1.807, 2.05) is 0 Å². The number of benzene rings is 1. The molecule has 0 unspecified atom stereocenters. The third-order valence-corrected chi connectivity index (χ3v) is 2.89. The topological polar surface area (TPSA) is 83.0 Å². The van der Waals surface area contributed by atoms with Crippen molar-refractivity contribution in [2.75, 3.05) is 0 Å². The van der Waals surface area contributed by atoms with E-state index in [2.05, 4.69) is 9.97 Å². The average molecular weight is 299 g/mol. The van der Waals surface area contributed by atoms with Crippen LogP contribution in [0, 0.1) is 6.92 Å². The van der Waals surface area contributed by atoms with Crippen LogP contribution in [0.4, 0.5) is 0 Å². The SMILES string of the molecule is Cc1nc(-c2cc(Cl)cc(Cl)c2)[nH]c(=O)c1C(=O)O. The Hall–Kier alpha value is -1.85. The summed E-state index contributed by atoms with van der Waals surface area (Å²) in [5, 5.41) is 9.68. The Balaban J connectivity index is 2.65. The van der Waals surface area contributed by atoms with E-state index in [-0.39, 0.29) is 17.1 Å². The van der Waals surface area contributed by atoms with Gasteiger partial charge in [0.15, 0.2) is 0 Å². The number of nitrogens with one attached hydrogen (secondary N) is 1. The van der Waals surface area contributed by atoms with E-state index in [1.54, 1.807) is 18.2 Å². The molecule has 0 fully saturated rings. The van der Waals surface area contributed by atoms with E-state index in [9.17, 15) is 9.59 Å². The first-order chi connectivity index (χ1) is 8.88. The summed E-state index contributed by atoms with van der Waals surface area (Å²) in [5.74, 6) is -1.10. The van der Waals surface area contributed by atoms with Crippen molar-refractivity contribution in [3.63, 3.8) is 0 Å². The summed E-state index contributed by atoms with van der Waals surface area (Å²) < 4.78 is 0. The fraction of sp³-hybridized carbons (Fsp3) is 0.0833. The normalized spacial score (nSPS) is 10.5. The Labute approximate surface area is 117 Å². The van der Waals surface area contributed by atoms with Gasteiger partial charge in [-0.05, 0) is 25.1 Å². The van der Waals surface area contributed by atoms with Crippen LogP contribution >= 0.6 is 23.2 Å². The first-order valence-corrected chi connectivity index (χ1v) is 5.95. The van der Waals surface area contributed by atoms with Crippen molar-refractivity contribution in [2.24, 2.45) is 0 Å². The second-order valence-corrected chi connectivity index (χ2v) is 4.71. The zero-order valence-corrected chi connectivity index (χ0v) is 11.2. The predicted octanol–water partition coefficient (Wildman–Crippen LogP) is 2.75. The fourth-order valence-electron chi connectivity index (χ4n) is 1.67. The molecule has 0 amide bonds. The molecule has 98 valence electrons. The largest absolute Gasteiger partial charge is 0.477 e. The molecule has 1 heterocycles. The van der Waals surface area contributed by atoms with Gasteiger partial charge in [0.25, 0.3) is 5.56 Å². The monoisotopic (exact) mass is 298 g/mol. The molecular formula is C12H8Cl2N2O3. The van der Waals surface area contributed by atoms with Gasteiger partial charge in [0.2, 0.25) is 0 Å². The van der Waals surface area contributed by atoms with Crippen LogP contribution in [0.3, 0.4) is 0 Å². The van der Waals surface area contributed by atoms with Crippen LogP contribution in [0.5, 0.6) is 0 Å². The lowest BCUT2D eigenvalue weighted by Crippen LogP contribution is -2.21.